The van der Waals surface area contributed by atoms with Crippen molar-refractivity contribution >= 4 is 35.1 Å². The van der Waals surface area contributed by atoms with E-state index >= 15 is 0 Å². The highest BCUT2D eigenvalue weighted by molar-refractivity contribution is 6.15. The number of hydrazone groups is 1. The minimum Gasteiger partial charge on any atom is -0.312 e. The van der Waals surface area contributed by atoms with E-state index in [-0.39, 0.29) is 11.8 Å². The first-order chi connectivity index (χ1) is 12.5. The van der Waals surface area contributed by atoms with Gasteiger partial charge in [0, 0.05) is 37.0 Å². The molecule has 0 bridgehead atoms. The summed E-state index contributed by atoms with van der Waals surface area (Å²) in [4.78, 5) is 25.8. The summed E-state index contributed by atoms with van der Waals surface area (Å²) in [5.41, 5.74) is 7.00. The molecule has 2 amide bonds. The normalized spacial score (nSPS) is 20.4. The SMILES string of the molecule is CC/C(C)=N\N=CC1C(=O)N(CC)c2cc(C3=NNC(=O)CC3)ccc21. The Morgan fingerprint density at radius 2 is 2.15 bits per heavy atom. The average Bonchev–Trinajstić information content (AvgIpc) is 2.92. The molecular weight excluding hydrogens is 330 g/mol. The maximum atomic E-state index is 12.8. The number of hydrogen-bond donors (Lipinski definition) is 1. The number of hydrogen-bond acceptors (Lipinski definition) is 5. The van der Waals surface area contributed by atoms with Crippen molar-refractivity contribution in [2.75, 3.05) is 11.4 Å². The molecule has 1 unspecified atom stereocenters. The van der Waals surface area contributed by atoms with Crippen molar-refractivity contribution in [3.8, 4) is 0 Å². The quantitative estimate of drug-likeness (QED) is 0.651. The summed E-state index contributed by atoms with van der Waals surface area (Å²) in [5.74, 6) is -0.480. The number of rotatable bonds is 5. The zero-order valence-electron chi connectivity index (χ0n) is 15.3. The monoisotopic (exact) mass is 353 g/mol. The number of fused-ring (bicyclic) bond motifs is 1. The zero-order chi connectivity index (χ0) is 18.7. The second-order valence-electron chi connectivity index (χ2n) is 6.38. The summed E-state index contributed by atoms with van der Waals surface area (Å²) in [6, 6.07) is 5.87. The molecule has 1 aromatic carbocycles. The number of benzene rings is 1. The zero-order valence-corrected chi connectivity index (χ0v) is 15.3. The van der Waals surface area contributed by atoms with E-state index in [0.29, 0.717) is 19.4 Å². The van der Waals surface area contributed by atoms with Crippen LogP contribution < -0.4 is 10.3 Å². The van der Waals surface area contributed by atoms with Gasteiger partial charge in [-0.1, -0.05) is 19.1 Å². The molecule has 7 heteroatoms. The van der Waals surface area contributed by atoms with Crippen LogP contribution in [0, 0.1) is 0 Å². The van der Waals surface area contributed by atoms with E-state index < -0.39 is 5.92 Å². The van der Waals surface area contributed by atoms with E-state index in [1.54, 1.807) is 11.1 Å². The van der Waals surface area contributed by atoms with E-state index in [9.17, 15) is 9.59 Å². The number of amides is 2. The number of carbonyl (C=O) groups excluding carboxylic acids is 2. The van der Waals surface area contributed by atoms with Crippen LogP contribution in [0.3, 0.4) is 0 Å². The van der Waals surface area contributed by atoms with Crippen LogP contribution >= 0.6 is 0 Å². The molecule has 1 N–H and O–H groups in total. The molecule has 0 aromatic heterocycles. The van der Waals surface area contributed by atoms with Crippen LogP contribution in [0.15, 0.2) is 33.5 Å². The van der Waals surface area contributed by atoms with E-state index in [0.717, 1.165) is 34.7 Å². The lowest BCUT2D eigenvalue weighted by Gasteiger charge is -2.17. The van der Waals surface area contributed by atoms with Crippen LogP contribution in [0.2, 0.25) is 0 Å². The number of carbonyl (C=O) groups is 2. The highest BCUT2D eigenvalue weighted by Gasteiger charge is 2.36. The van der Waals surface area contributed by atoms with Gasteiger partial charge in [-0.25, -0.2) is 5.43 Å². The molecule has 2 aliphatic rings. The van der Waals surface area contributed by atoms with E-state index in [1.165, 1.54) is 0 Å². The molecule has 0 fully saturated rings. The number of anilines is 1. The van der Waals surface area contributed by atoms with E-state index in [1.807, 2.05) is 39.0 Å². The van der Waals surface area contributed by atoms with E-state index in [4.69, 9.17) is 0 Å². The van der Waals surface area contributed by atoms with Crippen LogP contribution in [-0.2, 0) is 9.59 Å². The molecular formula is C19H23N5O2. The highest BCUT2D eigenvalue weighted by atomic mass is 16.2. The molecule has 26 heavy (non-hydrogen) atoms. The Morgan fingerprint density at radius 1 is 1.35 bits per heavy atom. The van der Waals surface area contributed by atoms with Crippen molar-refractivity contribution in [3.63, 3.8) is 0 Å². The van der Waals surface area contributed by atoms with Gasteiger partial charge in [-0.15, -0.1) is 0 Å². The van der Waals surface area contributed by atoms with Crippen LogP contribution in [0.4, 0.5) is 5.69 Å². The summed E-state index contributed by atoms with van der Waals surface area (Å²) < 4.78 is 0. The van der Waals surface area contributed by atoms with Crippen molar-refractivity contribution < 1.29 is 9.59 Å². The minimum atomic E-state index is -0.416. The molecule has 1 atom stereocenters. The summed E-state index contributed by atoms with van der Waals surface area (Å²) in [7, 11) is 0. The fourth-order valence-corrected chi connectivity index (χ4v) is 3.06. The smallest absolute Gasteiger partial charge is 0.240 e. The average molecular weight is 353 g/mol. The Labute approximate surface area is 152 Å². The largest absolute Gasteiger partial charge is 0.312 e. The lowest BCUT2D eigenvalue weighted by atomic mass is 9.97. The van der Waals surface area contributed by atoms with E-state index in [2.05, 4.69) is 20.7 Å². The standard InChI is InChI=1S/C19H23N5O2/c1-4-12(3)21-20-11-15-14-7-6-13(16-8-9-18(25)23-22-16)10-17(14)24(5-2)19(15)26/h6-7,10-11,15H,4-5,8-9H2,1-3H3,(H,23,25)/b20-11?,21-12-. The topological polar surface area (TPSA) is 86.5 Å². The van der Waals surface area contributed by atoms with Gasteiger partial charge in [0.15, 0.2) is 0 Å². The maximum absolute atomic E-state index is 12.8. The number of likely N-dealkylation sites (N-methyl/N-ethyl adjacent to an activating group) is 1. The summed E-state index contributed by atoms with van der Waals surface area (Å²) >= 11 is 0. The second kappa shape index (κ2) is 7.59. The van der Waals surface area contributed by atoms with Crippen LogP contribution in [0.5, 0.6) is 0 Å². The van der Waals surface area contributed by atoms with Gasteiger partial charge in [-0.3, -0.25) is 9.59 Å². The number of nitrogens with zero attached hydrogens (tertiary/aromatic N) is 4. The highest BCUT2D eigenvalue weighted by Crippen LogP contribution is 2.37. The van der Waals surface area contributed by atoms with Gasteiger partial charge in [-0.05, 0) is 37.5 Å². The fraction of sp³-hybridized carbons (Fsp3) is 0.421. The molecule has 0 saturated heterocycles. The first-order valence-electron chi connectivity index (χ1n) is 8.92. The predicted molar refractivity (Wildman–Crippen MR) is 103 cm³/mol. The molecule has 1 aromatic rings. The lowest BCUT2D eigenvalue weighted by Crippen LogP contribution is -2.29. The molecule has 2 aliphatic heterocycles. The van der Waals surface area contributed by atoms with Gasteiger partial charge in [-0.2, -0.15) is 15.3 Å². The van der Waals surface area contributed by atoms with Gasteiger partial charge in [0.1, 0.15) is 5.92 Å². The Balaban J connectivity index is 1.93. The lowest BCUT2D eigenvalue weighted by molar-refractivity contribution is -0.121. The summed E-state index contributed by atoms with van der Waals surface area (Å²) in [6.45, 7) is 6.46. The Kier molecular flexibility index (Phi) is 5.25. The third kappa shape index (κ3) is 3.42. The van der Waals surface area contributed by atoms with Gasteiger partial charge < -0.3 is 4.90 Å². The predicted octanol–water partition coefficient (Wildman–Crippen LogP) is 2.61. The van der Waals surface area contributed by atoms with Gasteiger partial charge in [0.2, 0.25) is 11.8 Å². The summed E-state index contributed by atoms with van der Waals surface area (Å²) in [6.07, 6.45) is 3.47. The first kappa shape index (κ1) is 18.0. The van der Waals surface area contributed by atoms with Crippen molar-refractivity contribution in [1.29, 1.82) is 0 Å². The fourth-order valence-electron chi connectivity index (χ4n) is 3.06. The van der Waals surface area contributed by atoms with Gasteiger partial charge in [0.25, 0.3) is 0 Å². The van der Waals surface area contributed by atoms with Crippen molar-refractivity contribution in [2.45, 2.75) is 46.0 Å². The molecule has 0 saturated carbocycles. The third-order valence-electron chi connectivity index (χ3n) is 4.70. The molecule has 2 heterocycles. The Morgan fingerprint density at radius 3 is 2.81 bits per heavy atom. The van der Waals surface area contributed by atoms with Crippen LogP contribution in [0.1, 0.15) is 57.1 Å². The minimum absolute atomic E-state index is 0.00615. The van der Waals surface area contributed by atoms with Crippen molar-refractivity contribution in [3.05, 3.63) is 29.3 Å². The second-order valence-corrected chi connectivity index (χ2v) is 6.38. The Hall–Kier alpha value is -2.83. The summed E-state index contributed by atoms with van der Waals surface area (Å²) in [5, 5.41) is 12.4. The Bertz CT molecular complexity index is 825. The first-order valence-corrected chi connectivity index (χ1v) is 8.92. The van der Waals surface area contributed by atoms with Crippen LogP contribution in [-0.4, -0.2) is 36.0 Å². The van der Waals surface area contributed by atoms with Crippen molar-refractivity contribution in [1.82, 2.24) is 5.43 Å². The molecule has 7 nitrogen and oxygen atoms in total. The molecule has 0 radical (unpaired) electrons. The third-order valence-corrected chi connectivity index (χ3v) is 4.70. The van der Waals surface area contributed by atoms with Gasteiger partial charge >= 0.3 is 0 Å². The maximum Gasteiger partial charge on any atom is 0.240 e. The van der Waals surface area contributed by atoms with Gasteiger partial charge in [0.05, 0.1) is 5.71 Å². The molecule has 0 aliphatic carbocycles. The van der Waals surface area contributed by atoms with Crippen LogP contribution in [0.25, 0.3) is 0 Å². The van der Waals surface area contributed by atoms with Crippen molar-refractivity contribution in [2.24, 2.45) is 15.3 Å². The molecule has 136 valence electrons. The molecule has 3 rings (SSSR count). The molecule has 0 spiro atoms. The number of nitrogens with one attached hydrogen (secondary N) is 1.